The van der Waals surface area contributed by atoms with Crippen LogP contribution in [0, 0.1) is 0 Å². The largest absolute Gasteiger partial charge is 0.465 e. The van der Waals surface area contributed by atoms with Gasteiger partial charge in [-0.05, 0) is 50.0 Å². The third-order valence-electron chi connectivity index (χ3n) is 5.36. The van der Waals surface area contributed by atoms with E-state index in [0.29, 0.717) is 35.2 Å². The number of esters is 1. The number of amides is 1. The maximum absolute atomic E-state index is 13.5. The summed E-state index contributed by atoms with van der Waals surface area (Å²) in [7, 11) is 5.16. The molecule has 1 aromatic heterocycles. The predicted octanol–water partition coefficient (Wildman–Crippen LogP) is 3.45. The van der Waals surface area contributed by atoms with Crippen LogP contribution in [0.4, 0.5) is 0 Å². The molecule has 4 rings (SSSR count). The highest BCUT2D eigenvalue weighted by molar-refractivity contribution is 9.10. The number of fused-ring (bicyclic) bond motifs is 2. The number of benzene rings is 2. The first-order valence-electron chi connectivity index (χ1n) is 9.72. The van der Waals surface area contributed by atoms with Gasteiger partial charge in [0.15, 0.2) is 5.43 Å². The molecule has 1 amide bonds. The molecule has 0 bridgehead atoms. The topological polar surface area (TPSA) is 80.1 Å². The normalized spacial score (nSPS) is 15.6. The van der Waals surface area contributed by atoms with Crippen LogP contribution in [-0.2, 0) is 4.74 Å². The molecular formula is C23H21BrN2O5. The first kappa shape index (κ1) is 21.3. The van der Waals surface area contributed by atoms with Gasteiger partial charge in [-0.1, -0.05) is 28.1 Å². The van der Waals surface area contributed by atoms with Crippen LogP contribution in [0.1, 0.15) is 38.1 Å². The predicted molar refractivity (Wildman–Crippen MR) is 119 cm³/mol. The fourth-order valence-corrected chi connectivity index (χ4v) is 4.16. The summed E-state index contributed by atoms with van der Waals surface area (Å²) >= 11 is 3.39. The molecule has 0 fully saturated rings. The van der Waals surface area contributed by atoms with Crippen LogP contribution in [0.25, 0.3) is 11.0 Å². The highest BCUT2D eigenvalue weighted by Crippen LogP contribution is 2.38. The second kappa shape index (κ2) is 8.28. The summed E-state index contributed by atoms with van der Waals surface area (Å²) < 4.78 is 11.4. The Balaban J connectivity index is 1.89. The Kier molecular flexibility index (Phi) is 5.68. The molecule has 1 atom stereocenters. The average Bonchev–Trinajstić information content (AvgIpc) is 3.04. The van der Waals surface area contributed by atoms with E-state index in [4.69, 9.17) is 9.15 Å². The Hall–Kier alpha value is -2.97. The summed E-state index contributed by atoms with van der Waals surface area (Å²) in [5.74, 6) is -0.698. The van der Waals surface area contributed by atoms with Crippen LogP contribution in [0.2, 0.25) is 0 Å². The third-order valence-corrected chi connectivity index (χ3v) is 5.86. The van der Waals surface area contributed by atoms with E-state index in [1.807, 2.05) is 19.0 Å². The van der Waals surface area contributed by atoms with Crippen molar-refractivity contribution in [3.8, 4) is 0 Å². The number of likely N-dealkylation sites (N-methyl/N-ethyl adjacent to an activating group) is 1. The Morgan fingerprint density at radius 1 is 1.16 bits per heavy atom. The van der Waals surface area contributed by atoms with Gasteiger partial charge in [0.25, 0.3) is 5.91 Å². The summed E-state index contributed by atoms with van der Waals surface area (Å²) in [6.45, 7) is 1.04. The van der Waals surface area contributed by atoms with Gasteiger partial charge in [-0.3, -0.25) is 9.59 Å². The number of hydrogen-bond donors (Lipinski definition) is 0. The zero-order valence-corrected chi connectivity index (χ0v) is 18.9. The van der Waals surface area contributed by atoms with Gasteiger partial charge in [-0.15, -0.1) is 0 Å². The lowest BCUT2D eigenvalue weighted by Gasteiger charge is -2.26. The highest BCUT2D eigenvalue weighted by atomic mass is 79.9. The number of methoxy groups -OCH3 is 1. The van der Waals surface area contributed by atoms with Crippen molar-refractivity contribution in [2.24, 2.45) is 0 Å². The van der Waals surface area contributed by atoms with Crippen molar-refractivity contribution in [3.05, 3.63) is 79.6 Å². The van der Waals surface area contributed by atoms with Crippen LogP contribution >= 0.6 is 15.9 Å². The van der Waals surface area contributed by atoms with Gasteiger partial charge in [-0.25, -0.2) is 4.79 Å². The Morgan fingerprint density at radius 2 is 1.87 bits per heavy atom. The van der Waals surface area contributed by atoms with E-state index in [0.717, 1.165) is 10.0 Å². The molecule has 1 unspecified atom stereocenters. The minimum Gasteiger partial charge on any atom is -0.465 e. The molecule has 2 heterocycles. The maximum Gasteiger partial charge on any atom is 0.337 e. The van der Waals surface area contributed by atoms with Gasteiger partial charge >= 0.3 is 5.97 Å². The van der Waals surface area contributed by atoms with Crippen LogP contribution in [0.15, 0.2) is 56.1 Å². The molecule has 2 aromatic carbocycles. The molecule has 0 saturated carbocycles. The van der Waals surface area contributed by atoms with Gasteiger partial charge in [0.05, 0.1) is 29.7 Å². The number of halogens is 1. The summed E-state index contributed by atoms with van der Waals surface area (Å²) in [6.07, 6.45) is 0. The minimum absolute atomic E-state index is 0.0700. The molecule has 0 saturated heterocycles. The second-order valence-corrected chi connectivity index (χ2v) is 8.55. The van der Waals surface area contributed by atoms with E-state index >= 15 is 0 Å². The van der Waals surface area contributed by atoms with E-state index in [-0.39, 0.29) is 17.1 Å². The third kappa shape index (κ3) is 3.77. The van der Waals surface area contributed by atoms with Gasteiger partial charge in [0, 0.05) is 17.6 Å². The molecule has 0 spiro atoms. The Morgan fingerprint density at radius 3 is 2.52 bits per heavy atom. The minimum atomic E-state index is -0.603. The second-order valence-electron chi connectivity index (χ2n) is 7.63. The molecule has 0 radical (unpaired) electrons. The zero-order valence-electron chi connectivity index (χ0n) is 17.3. The molecule has 3 aromatic rings. The number of nitrogens with zero attached hydrogens (tertiary/aromatic N) is 2. The lowest BCUT2D eigenvalue weighted by Crippen LogP contribution is -2.35. The number of rotatable bonds is 5. The smallest absolute Gasteiger partial charge is 0.337 e. The van der Waals surface area contributed by atoms with Crippen molar-refractivity contribution in [2.45, 2.75) is 6.04 Å². The average molecular weight is 485 g/mol. The summed E-state index contributed by atoms with van der Waals surface area (Å²) in [5.41, 5.74) is 1.57. The van der Waals surface area contributed by atoms with Crippen LogP contribution in [-0.4, -0.2) is 56.0 Å². The zero-order chi connectivity index (χ0) is 22.3. The monoisotopic (exact) mass is 484 g/mol. The molecule has 0 N–H and O–H groups in total. The summed E-state index contributed by atoms with van der Waals surface area (Å²) in [4.78, 5) is 42.2. The van der Waals surface area contributed by atoms with Crippen molar-refractivity contribution in [3.63, 3.8) is 0 Å². The van der Waals surface area contributed by atoms with Crippen LogP contribution in [0.3, 0.4) is 0 Å². The van der Waals surface area contributed by atoms with Gasteiger partial charge in [0.1, 0.15) is 5.58 Å². The first-order chi connectivity index (χ1) is 14.8. The molecular weight excluding hydrogens is 464 g/mol. The van der Waals surface area contributed by atoms with E-state index in [9.17, 15) is 14.4 Å². The van der Waals surface area contributed by atoms with Gasteiger partial charge < -0.3 is 19.0 Å². The molecule has 1 aliphatic heterocycles. The first-order valence-corrected chi connectivity index (χ1v) is 10.5. The molecule has 0 aliphatic carbocycles. The Labute approximate surface area is 187 Å². The number of hydrogen-bond acceptors (Lipinski definition) is 6. The maximum atomic E-state index is 13.5. The molecule has 7 nitrogen and oxygen atoms in total. The summed E-state index contributed by atoms with van der Waals surface area (Å²) in [6, 6.07) is 11.3. The fourth-order valence-electron chi connectivity index (χ4n) is 3.80. The number of carbonyl (C=O) groups is 2. The number of carbonyl (C=O) groups excluding carboxylic acids is 2. The standard InChI is InChI=1S/C23H21BrN2O5/c1-25(2)10-11-26-19(13-4-6-14(7-5-13)23(29)30-3)18-20(27)16-12-15(24)8-9-17(16)31-21(18)22(26)28/h4-9,12,19H,10-11H2,1-3H3. The van der Waals surface area contributed by atoms with E-state index in [1.54, 1.807) is 47.4 Å². The van der Waals surface area contributed by atoms with E-state index < -0.39 is 12.0 Å². The van der Waals surface area contributed by atoms with Crippen LogP contribution < -0.4 is 5.43 Å². The molecule has 8 heteroatoms. The van der Waals surface area contributed by atoms with Crippen molar-refractivity contribution in [1.82, 2.24) is 9.80 Å². The fraction of sp³-hybridized carbons (Fsp3) is 0.261. The lowest BCUT2D eigenvalue weighted by molar-refractivity contribution is 0.0599. The van der Waals surface area contributed by atoms with Crippen molar-refractivity contribution < 1.29 is 18.7 Å². The lowest BCUT2D eigenvalue weighted by atomic mass is 9.97. The number of ether oxygens (including phenoxy) is 1. The quantitative estimate of drug-likeness (QED) is 0.516. The highest BCUT2D eigenvalue weighted by Gasteiger charge is 2.42. The summed E-state index contributed by atoms with van der Waals surface area (Å²) in [5, 5.41) is 0.409. The van der Waals surface area contributed by atoms with Crippen molar-refractivity contribution in [1.29, 1.82) is 0 Å². The van der Waals surface area contributed by atoms with Crippen molar-refractivity contribution >= 4 is 38.8 Å². The molecule has 31 heavy (non-hydrogen) atoms. The SMILES string of the molecule is COC(=O)c1ccc(C2c3c(oc4ccc(Br)cc4c3=O)C(=O)N2CCN(C)C)cc1. The van der Waals surface area contributed by atoms with E-state index in [1.165, 1.54) is 7.11 Å². The van der Waals surface area contributed by atoms with Crippen molar-refractivity contribution in [2.75, 3.05) is 34.3 Å². The molecule has 1 aliphatic rings. The van der Waals surface area contributed by atoms with Gasteiger partial charge in [0.2, 0.25) is 5.76 Å². The Bertz CT molecular complexity index is 1230. The van der Waals surface area contributed by atoms with Gasteiger partial charge in [-0.2, -0.15) is 0 Å². The van der Waals surface area contributed by atoms with Crippen LogP contribution in [0.5, 0.6) is 0 Å². The molecule has 160 valence electrons. The van der Waals surface area contributed by atoms with E-state index in [2.05, 4.69) is 15.9 Å².